The van der Waals surface area contributed by atoms with Gasteiger partial charge in [-0.3, -0.25) is 9.59 Å². The van der Waals surface area contributed by atoms with Crippen molar-refractivity contribution < 1.29 is 62.3 Å². The van der Waals surface area contributed by atoms with Crippen LogP contribution in [0.4, 0.5) is 39.5 Å². The average Bonchev–Trinajstić information content (AvgIpc) is 3.01. The Labute approximate surface area is 286 Å². The second-order valence-corrected chi connectivity index (χ2v) is 14.9. The van der Waals surface area contributed by atoms with E-state index in [1.165, 1.54) is 11.8 Å². The predicted molar refractivity (Wildman–Crippen MR) is 163 cm³/mol. The second-order valence-electron chi connectivity index (χ2n) is 12.6. The van der Waals surface area contributed by atoms with E-state index in [-0.39, 0.29) is 61.0 Å². The summed E-state index contributed by atoms with van der Waals surface area (Å²) in [5.41, 5.74) is -7.97. The number of benzene rings is 3. The maximum Gasteiger partial charge on any atom is 0.430 e. The summed E-state index contributed by atoms with van der Waals surface area (Å²) in [6.45, 7) is 0.0108. The summed E-state index contributed by atoms with van der Waals surface area (Å²) in [5, 5.41) is 2.82. The molecule has 0 aromatic heterocycles. The molecule has 1 aliphatic carbocycles. The molecule has 1 heterocycles. The molecule has 3 aromatic carbocycles. The third kappa shape index (κ3) is 6.93. The van der Waals surface area contributed by atoms with Crippen molar-refractivity contribution in [2.24, 2.45) is 5.92 Å². The monoisotopic (exact) mass is 750 g/mol. The summed E-state index contributed by atoms with van der Waals surface area (Å²) < 4.78 is 160. The van der Waals surface area contributed by atoms with Gasteiger partial charge in [-0.2, -0.15) is 26.3 Å². The SMILES string of the molecule is CC(=O)N1CC(C(=O)N[C@H]2CC[C@@](c3ccc(C(OCc4c(F)cccc4F)(C(F)(F)F)C(F)(F)F)cc3)(S(=O)(=O)c3ccc(F)cc3)CC2)C1. The number of carbonyl (C=O) groups excluding carboxylic acids is 2. The lowest BCUT2D eigenvalue weighted by Gasteiger charge is -2.42. The van der Waals surface area contributed by atoms with Crippen LogP contribution in [0.2, 0.25) is 0 Å². The zero-order valence-corrected chi connectivity index (χ0v) is 27.6. The molecule has 2 amide bonds. The number of sulfone groups is 1. The molecule has 1 saturated carbocycles. The molecule has 1 N–H and O–H groups in total. The highest BCUT2D eigenvalue weighted by Crippen LogP contribution is 2.54. The van der Waals surface area contributed by atoms with Crippen molar-refractivity contribution in [1.82, 2.24) is 10.2 Å². The number of likely N-dealkylation sites (tertiary alicyclic amines) is 1. The Morgan fingerprint density at radius 3 is 1.86 bits per heavy atom. The second kappa shape index (κ2) is 13.8. The van der Waals surface area contributed by atoms with Gasteiger partial charge in [-0.25, -0.2) is 21.6 Å². The first-order valence-electron chi connectivity index (χ1n) is 15.6. The number of ether oxygens (including phenoxy) is 1. The van der Waals surface area contributed by atoms with Crippen LogP contribution in [0.25, 0.3) is 0 Å². The van der Waals surface area contributed by atoms with Crippen LogP contribution in [-0.4, -0.2) is 56.6 Å². The largest absolute Gasteiger partial charge is 0.430 e. The van der Waals surface area contributed by atoms with Crippen LogP contribution >= 0.6 is 0 Å². The Balaban J connectivity index is 1.51. The van der Waals surface area contributed by atoms with E-state index in [1.54, 1.807) is 0 Å². The minimum Gasteiger partial charge on any atom is -0.353 e. The van der Waals surface area contributed by atoms with Crippen LogP contribution < -0.4 is 5.32 Å². The third-order valence-corrected chi connectivity index (χ3v) is 12.2. The van der Waals surface area contributed by atoms with Crippen molar-refractivity contribution in [1.29, 1.82) is 0 Å². The lowest BCUT2D eigenvalue weighted by Crippen LogP contribution is -2.57. The zero-order chi connectivity index (χ0) is 37.6. The number of nitrogens with zero attached hydrogens (tertiary/aromatic N) is 1. The van der Waals surface area contributed by atoms with Crippen LogP contribution in [-0.2, 0) is 41.1 Å². The molecule has 5 rings (SSSR count). The van der Waals surface area contributed by atoms with Gasteiger partial charge in [0.2, 0.25) is 11.8 Å². The topological polar surface area (TPSA) is 92.8 Å². The van der Waals surface area contributed by atoms with Crippen molar-refractivity contribution in [3.63, 3.8) is 0 Å². The summed E-state index contributed by atoms with van der Waals surface area (Å²) >= 11 is 0. The van der Waals surface area contributed by atoms with Crippen molar-refractivity contribution in [2.45, 2.75) is 72.9 Å². The first kappa shape index (κ1) is 38.1. The lowest BCUT2D eigenvalue weighted by atomic mass is 9.79. The van der Waals surface area contributed by atoms with E-state index in [0.29, 0.717) is 24.3 Å². The Kier molecular flexibility index (Phi) is 10.3. The van der Waals surface area contributed by atoms with Crippen LogP contribution in [0.15, 0.2) is 71.6 Å². The summed E-state index contributed by atoms with van der Waals surface area (Å²) in [4.78, 5) is 25.4. The smallest absolute Gasteiger partial charge is 0.353 e. The number of rotatable bonds is 9. The van der Waals surface area contributed by atoms with Gasteiger partial charge in [0, 0.05) is 37.2 Å². The third-order valence-electron chi connectivity index (χ3n) is 9.59. The van der Waals surface area contributed by atoms with E-state index < -0.39 is 79.7 Å². The quantitative estimate of drug-likeness (QED) is 0.191. The van der Waals surface area contributed by atoms with Gasteiger partial charge in [-0.15, -0.1) is 0 Å². The molecule has 0 spiro atoms. The van der Waals surface area contributed by atoms with E-state index >= 15 is 0 Å². The molecular formula is C34H31F9N2O5S. The van der Waals surface area contributed by atoms with Gasteiger partial charge < -0.3 is 15.0 Å². The molecule has 17 heteroatoms. The molecule has 1 saturated heterocycles. The van der Waals surface area contributed by atoms with Crippen LogP contribution in [0.3, 0.4) is 0 Å². The number of hydrogen-bond donors (Lipinski definition) is 1. The van der Waals surface area contributed by atoms with E-state index in [0.717, 1.165) is 42.5 Å². The number of hydrogen-bond acceptors (Lipinski definition) is 5. The molecule has 2 fully saturated rings. The normalized spacial score (nSPS) is 20.5. The standard InChI is InChI=1S/C34H31F9N2O5S/c1-20(46)45-17-21(18-45)30(47)44-25-13-15-31(16-14-25,51(48,49)26-11-9-24(35)10-12-26)22-5-7-23(8-6-22)32(33(38,39)40,34(41,42)43)50-19-27-28(36)3-2-4-29(27)37/h2-12,21,25H,13-19H2,1H3,(H,44,47)/t25-,31+. The fourth-order valence-electron chi connectivity index (χ4n) is 6.60. The lowest BCUT2D eigenvalue weighted by molar-refractivity contribution is -0.392. The minimum absolute atomic E-state index is 0.0312. The molecule has 7 nitrogen and oxygen atoms in total. The Morgan fingerprint density at radius 1 is 0.843 bits per heavy atom. The fourth-order valence-corrected chi connectivity index (χ4v) is 8.76. The van der Waals surface area contributed by atoms with Gasteiger partial charge in [0.15, 0.2) is 9.84 Å². The molecule has 2 aliphatic rings. The zero-order valence-electron chi connectivity index (χ0n) is 26.8. The van der Waals surface area contributed by atoms with E-state index in [4.69, 9.17) is 0 Å². The summed E-state index contributed by atoms with van der Waals surface area (Å²) in [7, 11) is -4.52. The Hall–Kier alpha value is -4.12. The highest BCUT2D eigenvalue weighted by Gasteiger charge is 2.73. The van der Waals surface area contributed by atoms with Gasteiger partial charge in [0.25, 0.3) is 5.60 Å². The molecule has 3 aromatic rings. The molecule has 0 unspecified atom stereocenters. The van der Waals surface area contributed by atoms with E-state index in [1.807, 2.05) is 0 Å². The van der Waals surface area contributed by atoms with Gasteiger partial charge in [0.1, 0.15) is 22.2 Å². The van der Waals surface area contributed by atoms with Gasteiger partial charge in [0.05, 0.1) is 17.4 Å². The maximum absolute atomic E-state index is 14.5. The highest BCUT2D eigenvalue weighted by molar-refractivity contribution is 7.92. The molecule has 0 bridgehead atoms. The number of amides is 2. The minimum atomic E-state index is -6.22. The number of carbonyl (C=O) groups is 2. The van der Waals surface area contributed by atoms with E-state index in [9.17, 15) is 57.5 Å². The number of alkyl halides is 6. The summed E-state index contributed by atoms with van der Waals surface area (Å²) in [6, 6.07) is 7.72. The molecule has 51 heavy (non-hydrogen) atoms. The van der Waals surface area contributed by atoms with Crippen LogP contribution in [0.1, 0.15) is 49.3 Å². The Morgan fingerprint density at radius 2 is 1.37 bits per heavy atom. The van der Waals surface area contributed by atoms with Crippen molar-refractivity contribution in [3.8, 4) is 0 Å². The van der Waals surface area contributed by atoms with Gasteiger partial charge in [-0.05, 0) is 67.6 Å². The van der Waals surface area contributed by atoms with Crippen LogP contribution in [0.5, 0.6) is 0 Å². The summed E-state index contributed by atoms with van der Waals surface area (Å²) in [6.07, 6.45) is -12.9. The van der Waals surface area contributed by atoms with Crippen LogP contribution in [0, 0.1) is 23.4 Å². The molecule has 276 valence electrons. The Bertz CT molecular complexity index is 1830. The first-order valence-corrected chi connectivity index (χ1v) is 17.1. The number of halogens is 9. The first-order chi connectivity index (χ1) is 23.7. The summed E-state index contributed by atoms with van der Waals surface area (Å²) in [5.74, 6) is -4.67. The average molecular weight is 751 g/mol. The fraction of sp³-hybridized carbons (Fsp3) is 0.412. The maximum atomic E-state index is 14.5. The molecular weight excluding hydrogens is 719 g/mol. The van der Waals surface area contributed by atoms with Crippen molar-refractivity contribution in [2.75, 3.05) is 13.1 Å². The molecule has 0 atom stereocenters. The highest BCUT2D eigenvalue weighted by atomic mass is 32.2. The van der Waals surface area contributed by atoms with Gasteiger partial charge >= 0.3 is 12.4 Å². The van der Waals surface area contributed by atoms with Gasteiger partial charge in [-0.1, -0.05) is 30.3 Å². The van der Waals surface area contributed by atoms with E-state index in [2.05, 4.69) is 10.1 Å². The predicted octanol–water partition coefficient (Wildman–Crippen LogP) is 6.85. The van der Waals surface area contributed by atoms with Crippen molar-refractivity contribution in [3.05, 3.63) is 101 Å². The number of nitrogens with one attached hydrogen (secondary N) is 1. The van der Waals surface area contributed by atoms with Crippen molar-refractivity contribution >= 4 is 21.7 Å². The molecule has 1 aliphatic heterocycles. The molecule has 0 radical (unpaired) electrons.